The molecule has 2 heterocycles. The third-order valence-corrected chi connectivity index (χ3v) is 3.98. The monoisotopic (exact) mass is 313 g/mol. The third kappa shape index (κ3) is 2.84. The average Bonchev–Trinajstić information content (AvgIpc) is 3.08. The maximum Gasteiger partial charge on any atom is 0.230 e. The molecule has 0 bridgehead atoms. The number of benzene rings is 1. The molecule has 2 aromatic heterocycles. The molecule has 0 saturated carbocycles. The summed E-state index contributed by atoms with van der Waals surface area (Å²) in [6.45, 7) is 5.84. The van der Waals surface area contributed by atoms with Gasteiger partial charge < -0.3 is 13.8 Å². The molecule has 0 radical (unpaired) electrons. The predicted molar refractivity (Wildman–Crippen MR) is 84.9 cm³/mol. The first kappa shape index (κ1) is 15.3. The first-order valence-electron chi connectivity index (χ1n) is 7.49. The van der Waals surface area contributed by atoms with Crippen LogP contribution >= 0.6 is 0 Å². The standard InChI is InChI=1S/C17H19N3O3/c1-10(16-11(2)19-23-12(16)3)17(21)20(4)9-15-18-13-7-5-6-8-14(13)22-15/h5-8,10H,9H2,1-4H3/t10-/m0/s1. The SMILES string of the molecule is Cc1noc(C)c1[C@H](C)C(=O)N(C)Cc1nc2ccccc2o1. The second-order valence-corrected chi connectivity index (χ2v) is 5.73. The van der Waals surface area contributed by atoms with Crippen molar-refractivity contribution in [3.8, 4) is 0 Å². The van der Waals surface area contributed by atoms with Crippen LogP contribution in [0.1, 0.15) is 35.7 Å². The van der Waals surface area contributed by atoms with E-state index in [-0.39, 0.29) is 11.8 Å². The Labute approximate surface area is 134 Å². The zero-order valence-corrected chi connectivity index (χ0v) is 13.7. The summed E-state index contributed by atoms with van der Waals surface area (Å²) >= 11 is 0. The van der Waals surface area contributed by atoms with Crippen LogP contribution in [0.2, 0.25) is 0 Å². The molecule has 3 aromatic rings. The Balaban J connectivity index is 1.77. The summed E-state index contributed by atoms with van der Waals surface area (Å²) < 4.78 is 10.8. The summed E-state index contributed by atoms with van der Waals surface area (Å²) in [7, 11) is 1.74. The van der Waals surface area contributed by atoms with Gasteiger partial charge in [0.1, 0.15) is 11.3 Å². The van der Waals surface area contributed by atoms with Gasteiger partial charge in [-0.05, 0) is 32.9 Å². The highest BCUT2D eigenvalue weighted by atomic mass is 16.5. The average molecular weight is 313 g/mol. The van der Waals surface area contributed by atoms with Crippen LogP contribution in [0.5, 0.6) is 0 Å². The summed E-state index contributed by atoms with van der Waals surface area (Å²) in [6, 6.07) is 7.55. The van der Waals surface area contributed by atoms with Crippen LogP contribution in [-0.4, -0.2) is 28.0 Å². The second-order valence-electron chi connectivity index (χ2n) is 5.73. The van der Waals surface area contributed by atoms with Crippen LogP contribution in [0.25, 0.3) is 11.1 Å². The number of fused-ring (bicyclic) bond motifs is 1. The van der Waals surface area contributed by atoms with E-state index in [1.807, 2.05) is 45.0 Å². The lowest BCUT2D eigenvalue weighted by molar-refractivity contribution is -0.132. The van der Waals surface area contributed by atoms with Crippen molar-refractivity contribution in [3.05, 3.63) is 47.2 Å². The second kappa shape index (κ2) is 5.87. The molecule has 6 heteroatoms. The Kier molecular flexibility index (Phi) is 3.90. The largest absolute Gasteiger partial charge is 0.439 e. The molecule has 0 aliphatic heterocycles. The number of hydrogen-bond donors (Lipinski definition) is 0. The number of likely N-dealkylation sites (N-methyl/N-ethyl adjacent to an activating group) is 1. The van der Waals surface area contributed by atoms with Crippen LogP contribution in [0.3, 0.4) is 0 Å². The molecule has 0 N–H and O–H groups in total. The van der Waals surface area contributed by atoms with Gasteiger partial charge in [0.2, 0.25) is 11.8 Å². The van der Waals surface area contributed by atoms with Gasteiger partial charge in [0.25, 0.3) is 0 Å². The fourth-order valence-corrected chi connectivity index (χ4v) is 2.83. The highest BCUT2D eigenvalue weighted by Gasteiger charge is 2.26. The van der Waals surface area contributed by atoms with E-state index < -0.39 is 0 Å². The number of aromatic nitrogens is 2. The van der Waals surface area contributed by atoms with Gasteiger partial charge in [-0.25, -0.2) is 4.98 Å². The smallest absolute Gasteiger partial charge is 0.230 e. The maximum atomic E-state index is 12.7. The fraction of sp³-hybridized carbons (Fsp3) is 0.353. The molecule has 0 saturated heterocycles. The number of nitrogens with zero attached hydrogens (tertiary/aromatic N) is 3. The third-order valence-electron chi connectivity index (χ3n) is 3.98. The van der Waals surface area contributed by atoms with Crippen molar-refractivity contribution in [2.45, 2.75) is 33.2 Å². The summed E-state index contributed by atoms with van der Waals surface area (Å²) in [5, 5.41) is 3.92. The Morgan fingerprint density at radius 3 is 2.70 bits per heavy atom. The van der Waals surface area contributed by atoms with Crippen molar-refractivity contribution >= 4 is 17.0 Å². The van der Waals surface area contributed by atoms with Crippen molar-refractivity contribution in [1.82, 2.24) is 15.0 Å². The number of carbonyl (C=O) groups excluding carboxylic acids is 1. The molecule has 0 spiro atoms. The van der Waals surface area contributed by atoms with E-state index in [2.05, 4.69) is 10.1 Å². The molecule has 0 aliphatic rings. The number of aryl methyl sites for hydroxylation is 2. The molecule has 0 fully saturated rings. The van der Waals surface area contributed by atoms with E-state index in [0.29, 0.717) is 18.2 Å². The Hall–Kier alpha value is -2.63. The molecule has 0 unspecified atom stereocenters. The molecule has 1 atom stereocenters. The van der Waals surface area contributed by atoms with Crippen molar-refractivity contribution in [1.29, 1.82) is 0 Å². The summed E-state index contributed by atoms with van der Waals surface area (Å²) in [5.41, 5.74) is 3.11. The number of para-hydroxylation sites is 2. The van der Waals surface area contributed by atoms with Gasteiger partial charge in [-0.3, -0.25) is 4.79 Å². The minimum Gasteiger partial charge on any atom is -0.439 e. The summed E-state index contributed by atoms with van der Waals surface area (Å²) in [4.78, 5) is 18.7. The maximum absolute atomic E-state index is 12.7. The van der Waals surface area contributed by atoms with Crippen LogP contribution in [0.15, 0.2) is 33.2 Å². The highest BCUT2D eigenvalue weighted by molar-refractivity contribution is 5.83. The van der Waals surface area contributed by atoms with Crippen molar-refractivity contribution < 1.29 is 13.7 Å². The van der Waals surface area contributed by atoms with Gasteiger partial charge in [0.15, 0.2) is 5.58 Å². The van der Waals surface area contributed by atoms with Crippen LogP contribution < -0.4 is 0 Å². The number of hydrogen-bond acceptors (Lipinski definition) is 5. The molecule has 6 nitrogen and oxygen atoms in total. The Morgan fingerprint density at radius 1 is 1.30 bits per heavy atom. The molecule has 3 rings (SSSR count). The van der Waals surface area contributed by atoms with Crippen molar-refractivity contribution in [2.24, 2.45) is 0 Å². The van der Waals surface area contributed by atoms with E-state index in [1.165, 1.54) is 0 Å². The number of rotatable bonds is 4. The Bertz CT molecular complexity index is 797. The lowest BCUT2D eigenvalue weighted by Gasteiger charge is -2.19. The number of carbonyl (C=O) groups is 1. The molecule has 0 aliphatic carbocycles. The molecular formula is C17H19N3O3. The summed E-state index contributed by atoms with van der Waals surface area (Å²) in [5.74, 6) is 0.851. The van der Waals surface area contributed by atoms with Gasteiger partial charge >= 0.3 is 0 Å². The van der Waals surface area contributed by atoms with Gasteiger partial charge in [0.05, 0.1) is 18.2 Å². The van der Waals surface area contributed by atoms with Crippen LogP contribution in [0.4, 0.5) is 0 Å². The molecule has 23 heavy (non-hydrogen) atoms. The molecule has 1 aromatic carbocycles. The zero-order chi connectivity index (χ0) is 16.6. The van der Waals surface area contributed by atoms with Gasteiger partial charge in [-0.15, -0.1) is 0 Å². The van der Waals surface area contributed by atoms with Crippen molar-refractivity contribution in [3.63, 3.8) is 0 Å². The minimum atomic E-state index is -0.323. The topological polar surface area (TPSA) is 72.4 Å². The molecular weight excluding hydrogens is 294 g/mol. The Morgan fingerprint density at radius 2 is 2.04 bits per heavy atom. The summed E-state index contributed by atoms with van der Waals surface area (Å²) in [6.07, 6.45) is 0. The van der Waals surface area contributed by atoms with E-state index >= 15 is 0 Å². The lowest BCUT2D eigenvalue weighted by Crippen LogP contribution is -2.30. The van der Waals surface area contributed by atoms with Crippen molar-refractivity contribution in [2.75, 3.05) is 7.05 Å². The van der Waals surface area contributed by atoms with Gasteiger partial charge in [-0.2, -0.15) is 0 Å². The molecule has 1 amide bonds. The zero-order valence-electron chi connectivity index (χ0n) is 13.7. The predicted octanol–water partition coefficient (Wildman–Crippen LogP) is 3.19. The highest BCUT2D eigenvalue weighted by Crippen LogP contribution is 2.25. The minimum absolute atomic E-state index is 0.0262. The first-order chi connectivity index (χ1) is 11.0. The van der Waals surface area contributed by atoms with E-state index in [0.717, 1.165) is 22.4 Å². The fourth-order valence-electron chi connectivity index (χ4n) is 2.83. The lowest BCUT2D eigenvalue weighted by atomic mass is 9.98. The number of oxazole rings is 1. The quantitative estimate of drug-likeness (QED) is 0.739. The number of amides is 1. The van der Waals surface area contributed by atoms with E-state index in [4.69, 9.17) is 8.94 Å². The van der Waals surface area contributed by atoms with Crippen LogP contribution in [0, 0.1) is 13.8 Å². The van der Waals surface area contributed by atoms with Gasteiger partial charge in [-0.1, -0.05) is 17.3 Å². The van der Waals surface area contributed by atoms with E-state index in [1.54, 1.807) is 11.9 Å². The normalized spacial score (nSPS) is 12.5. The van der Waals surface area contributed by atoms with Gasteiger partial charge in [0, 0.05) is 12.6 Å². The first-order valence-corrected chi connectivity index (χ1v) is 7.49. The molecule has 120 valence electrons. The van der Waals surface area contributed by atoms with E-state index in [9.17, 15) is 4.79 Å². The van der Waals surface area contributed by atoms with Crippen LogP contribution in [-0.2, 0) is 11.3 Å².